The van der Waals surface area contributed by atoms with E-state index in [1.54, 1.807) is 0 Å². The smallest absolute Gasteiger partial charge is 0.398 e. The van der Waals surface area contributed by atoms with Gasteiger partial charge in [0.1, 0.15) is 0 Å². The summed E-state index contributed by atoms with van der Waals surface area (Å²) < 4.78 is 42.9. The van der Waals surface area contributed by atoms with Crippen LogP contribution in [0.15, 0.2) is 18.2 Å². The molecule has 4 nitrogen and oxygen atoms in total. The van der Waals surface area contributed by atoms with E-state index in [4.69, 9.17) is 10.5 Å². The number of hydrogen-bond acceptors (Lipinski definition) is 4. The van der Waals surface area contributed by atoms with Crippen LogP contribution in [0.2, 0.25) is 0 Å². The molecule has 1 aromatic rings. The highest BCUT2D eigenvalue weighted by Gasteiger charge is 2.33. The molecule has 0 unspecified atom stereocenters. The lowest BCUT2D eigenvalue weighted by molar-refractivity contribution is -0.136. The van der Waals surface area contributed by atoms with Crippen molar-refractivity contribution in [1.29, 1.82) is 0 Å². The second-order valence-electron chi connectivity index (χ2n) is 4.32. The predicted molar refractivity (Wildman–Crippen MR) is 71.6 cm³/mol. The summed E-state index contributed by atoms with van der Waals surface area (Å²) in [5.41, 5.74) is 4.05. The van der Waals surface area contributed by atoms with E-state index in [0.717, 1.165) is 12.1 Å². The van der Waals surface area contributed by atoms with Crippen molar-refractivity contribution in [2.45, 2.75) is 11.4 Å². The van der Waals surface area contributed by atoms with Gasteiger partial charge in [0.05, 0.1) is 29.8 Å². The van der Waals surface area contributed by atoms with E-state index >= 15 is 0 Å². The minimum Gasteiger partial charge on any atom is -0.398 e. The zero-order chi connectivity index (χ0) is 14.8. The standard InChI is InChI=1S/C12H13F3N2O2S/c13-12(14,15)9-3-7(1-2-10(9)16)17-11(18)6-20-8-4-19-5-8/h1-3,8H,4-6,16H2,(H,17,18). The Hall–Kier alpha value is -1.41. The van der Waals surface area contributed by atoms with Crippen LogP contribution in [0.4, 0.5) is 24.5 Å². The van der Waals surface area contributed by atoms with Crippen molar-refractivity contribution in [2.75, 3.05) is 30.0 Å². The lowest BCUT2D eigenvalue weighted by atomic mass is 10.1. The van der Waals surface area contributed by atoms with Gasteiger partial charge in [0, 0.05) is 11.4 Å². The van der Waals surface area contributed by atoms with Crippen LogP contribution in [-0.2, 0) is 15.7 Å². The number of nitrogens with two attached hydrogens (primary N) is 1. The van der Waals surface area contributed by atoms with Crippen LogP contribution in [0.3, 0.4) is 0 Å². The number of nitrogens with one attached hydrogen (secondary N) is 1. The number of carbonyl (C=O) groups excluding carboxylic acids is 1. The monoisotopic (exact) mass is 306 g/mol. The van der Waals surface area contributed by atoms with Gasteiger partial charge in [-0.2, -0.15) is 13.2 Å². The Morgan fingerprint density at radius 3 is 2.70 bits per heavy atom. The number of halogens is 3. The van der Waals surface area contributed by atoms with Crippen LogP contribution < -0.4 is 11.1 Å². The molecule has 1 aliphatic rings. The number of rotatable bonds is 4. The Morgan fingerprint density at radius 2 is 2.15 bits per heavy atom. The molecule has 0 radical (unpaired) electrons. The van der Waals surface area contributed by atoms with Gasteiger partial charge < -0.3 is 15.8 Å². The molecule has 110 valence electrons. The summed E-state index contributed by atoms with van der Waals surface area (Å²) in [5.74, 6) is -0.167. The molecule has 0 spiro atoms. The maximum Gasteiger partial charge on any atom is 0.418 e. The highest BCUT2D eigenvalue weighted by atomic mass is 32.2. The first-order valence-corrected chi connectivity index (χ1v) is 6.87. The number of benzene rings is 1. The first-order chi connectivity index (χ1) is 9.36. The predicted octanol–water partition coefficient (Wildman–Crippen LogP) is 2.36. The highest BCUT2D eigenvalue weighted by Crippen LogP contribution is 2.35. The second-order valence-corrected chi connectivity index (χ2v) is 5.61. The molecule has 1 aliphatic heterocycles. The molecule has 0 aromatic heterocycles. The van der Waals surface area contributed by atoms with Crippen LogP contribution in [0.1, 0.15) is 5.56 Å². The van der Waals surface area contributed by atoms with E-state index in [1.807, 2.05) is 0 Å². The van der Waals surface area contributed by atoms with Crippen LogP contribution in [0, 0.1) is 0 Å². The summed E-state index contributed by atoms with van der Waals surface area (Å²) in [6, 6.07) is 3.31. The van der Waals surface area contributed by atoms with Crippen LogP contribution in [0.5, 0.6) is 0 Å². The molecular formula is C12H13F3N2O2S. The van der Waals surface area contributed by atoms with E-state index in [1.165, 1.54) is 17.8 Å². The summed E-state index contributed by atoms with van der Waals surface area (Å²) in [5, 5.41) is 2.72. The number of ether oxygens (including phenoxy) is 1. The zero-order valence-corrected chi connectivity index (χ0v) is 11.2. The number of thioether (sulfide) groups is 1. The number of carbonyl (C=O) groups is 1. The van der Waals surface area contributed by atoms with E-state index in [2.05, 4.69) is 5.32 Å². The van der Waals surface area contributed by atoms with Crippen LogP contribution >= 0.6 is 11.8 Å². The molecule has 2 rings (SSSR count). The van der Waals surface area contributed by atoms with Crippen LogP contribution in [-0.4, -0.2) is 30.1 Å². The van der Waals surface area contributed by atoms with Gasteiger partial charge in [-0.05, 0) is 18.2 Å². The molecule has 8 heteroatoms. The molecule has 0 aliphatic carbocycles. The summed E-state index contributed by atoms with van der Waals surface area (Å²) in [7, 11) is 0. The van der Waals surface area contributed by atoms with Crippen molar-refractivity contribution < 1.29 is 22.7 Å². The zero-order valence-electron chi connectivity index (χ0n) is 10.4. The van der Waals surface area contributed by atoms with Crippen molar-refractivity contribution in [1.82, 2.24) is 0 Å². The van der Waals surface area contributed by atoms with Gasteiger partial charge in [0.2, 0.25) is 5.91 Å². The number of hydrogen-bond donors (Lipinski definition) is 2. The fourth-order valence-electron chi connectivity index (χ4n) is 1.58. The maximum atomic E-state index is 12.7. The Labute approximate surface area is 117 Å². The Kier molecular flexibility index (Phi) is 4.44. The largest absolute Gasteiger partial charge is 0.418 e. The number of amides is 1. The molecule has 1 fully saturated rings. The van der Waals surface area contributed by atoms with Gasteiger partial charge in [-0.3, -0.25) is 4.79 Å². The normalized spacial score (nSPS) is 15.8. The summed E-state index contributed by atoms with van der Waals surface area (Å²) in [6.45, 7) is 1.22. The van der Waals surface area contributed by atoms with E-state index in [-0.39, 0.29) is 28.3 Å². The van der Waals surface area contributed by atoms with Gasteiger partial charge in [-0.25, -0.2) is 0 Å². The second kappa shape index (κ2) is 5.92. The molecule has 0 atom stereocenters. The molecule has 20 heavy (non-hydrogen) atoms. The van der Waals surface area contributed by atoms with Crippen molar-refractivity contribution in [3.05, 3.63) is 23.8 Å². The highest BCUT2D eigenvalue weighted by molar-refractivity contribution is 8.00. The molecule has 0 saturated carbocycles. The molecule has 1 heterocycles. The summed E-state index contributed by atoms with van der Waals surface area (Å²) in [4.78, 5) is 11.6. The van der Waals surface area contributed by atoms with Crippen LogP contribution in [0.25, 0.3) is 0 Å². The fourth-order valence-corrected chi connectivity index (χ4v) is 2.42. The van der Waals surface area contributed by atoms with E-state index < -0.39 is 11.7 Å². The molecule has 0 bridgehead atoms. The number of nitrogen functional groups attached to an aromatic ring is 1. The molecule has 1 amide bonds. The van der Waals surface area contributed by atoms with Crippen molar-refractivity contribution in [2.24, 2.45) is 0 Å². The van der Waals surface area contributed by atoms with Crippen molar-refractivity contribution in [3.63, 3.8) is 0 Å². The lowest BCUT2D eigenvalue weighted by Gasteiger charge is -2.24. The lowest BCUT2D eigenvalue weighted by Crippen LogP contribution is -2.32. The quantitative estimate of drug-likeness (QED) is 0.838. The van der Waals surface area contributed by atoms with Gasteiger partial charge in [-0.1, -0.05) is 0 Å². The molecule has 3 N–H and O–H groups in total. The third-order valence-electron chi connectivity index (χ3n) is 2.70. The Bertz CT molecular complexity index is 504. The van der Waals surface area contributed by atoms with Gasteiger partial charge in [0.15, 0.2) is 0 Å². The average molecular weight is 306 g/mol. The summed E-state index contributed by atoms with van der Waals surface area (Å²) in [6.07, 6.45) is -4.54. The van der Waals surface area contributed by atoms with Gasteiger partial charge in [0.25, 0.3) is 0 Å². The molecule has 1 saturated heterocycles. The molecule has 1 aromatic carbocycles. The SMILES string of the molecule is Nc1ccc(NC(=O)CSC2COC2)cc1C(F)(F)F. The third-order valence-corrected chi connectivity index (χ3v) is 3.87. The van der Waals surface area contributed by atoms with E-state index in [9.17, 15) is 18.0 Å². The van der Waals surface area contributed by atoms with E-state index in [0.29, 0.717) is 13.2 Å². The minimum atomic E-state index is -4.54. The Morgan fingerprint density at radius 1 is 1.45 bits per heavy atom. The van der Waals surface area contributed by atoms with Crippen molar-refractivity contribution in [3.8, 4) is 0 Å². The minimum absolute atomic E-state index is 0.0852. The van der Waals surface area contributed by atoms with Gasteiger partial charge in [-0.15, -0.1) is 11.8 Å². The number of anilines is 2. The maximum absolute atomic E-state index is 12.7. The topological polar surface area (TPSA) is 64.3 Å². The summed E-state index contributed by atoms with van der Waals surface area (Å²) >= 11 is 1.42. The first-order valence-electron chi connectivity index (χ1n) is 5.82. The Balaban J connectivity index is 1.96. The average Bonchev–Trinajstić information content (AvgIpc) is 2.28. The molecular weight excluding hydrogens is 293 g/mol. The number of alkyl halides is 3. The van der Waals surface area contributed by atoms with Crippen molar-refractivity contribution >= 4 is 29.0 Å². The van der Waals surface area contributed by atoms with Gasteiger partial charge >= 0.3 is 6.18 Å². The fraction of sp³-hybridized carbons (Fsp3) is 0.417. The third kappa shape index (κ3) is 3.80. The first kappa shape index (κ1) is 15.0.